The molecule has 2 aromatic heterocycles. The molecule has 0 bridgehead atoms. The fourth-order valence-corrected chi connectivity index (χ4v) is 1.68. The van der Waals surface area contributed by atoms with Gasteiger partial charge in [-0.1, -0.05) is 11.6 Å². The molecule has 96 valence electrons. The first-order chi connectivity index (χ1) is 8.70. The summed E-state index contributed by atoms with van der Waals surface area (Å²) in [6.45, 7) is 3.00. The van der Waals surface area contributed by atoms with E-state index in [0.29, 0.717) is 36.3 Å². The maximum atomic E-state index is 11.3. The fourth-order valence-electron chi connectivity index (χ4n) is 1.50. The van der Waals surface area contributed by atoms with Crippen LogP contribution in [-0.2, 0) is 4.79 Å². The zero-order valence-electron chi connectivity index (χ0n) is 9.85. The summed E-state index contributed by atoms with van der Waals surface area (Å²) in [5, 5.41) is 10.1. The first-order valence-electron chi connectivity index (χ1n) is 5.57. The Kier molecular flexibility index (Phi) is 3.93. The predicted molar refractivity (Wildman–Crippen MR) is 67.6 cm³/mol. The van der Waals surface area contributed by atoms with Crippen molar-refractivity contribution in [1.82, 2.24) is 24.9 Å². The van der Waals surface area contributed by atoms with Gasteiger partial charge in [-0.05, 0) is 6.92 Å². The lowest BCUT2D eigenvalue weighted by Crippen LogP contribution is -2.25. The zero-order valence-corrected chi connectivity index (χ0v) is 10.6. The second-order valence-electron chi connectivity index (χ2n) is 3.57. The summed E-state index contributed by atoms with van der Waals surface area (Å²) in [6.07, 6.45) is 1.78. The predicted octanol–water partition coefficient (Wildman–Crippen LogP) is 0.716. The molecule has 2 aromatic rings. The van der Waals surface area contributed by atoms with Crippen molar-refractivity contribution in [3.8, 4) is 0 Å². The van der Waals surface area contributed by atoms with E-state index >= 15 is 0 Å². The highest BCUT2D eigenvalue weighted by molar-refractivity contribution is 6.29. The highest BCUT2D eigenvalue weighted by Crippen LogP contribution is 2.14. The minimum absolute atomic E-state index is 0.0000118. The van der Waals surface area contributed by atoms with Crippen molar-refractivity contribution in [2.45, 2.75) is 13.3 Å². The maximum Gasteiger partial charge on any atom is 0.255 e. The van der Waals surface area contributed by atoms with Crippen molar-refractivity contribution in [2.75, 3.05) is 18.4 Å². The Hall–Kier alpha value is -1.89. The lowest BCUT2D eigenvalue weighted by molar-refractivity contribution is -0.120. The molecule has 2 heterocycles. The molecular formula is C10H13ClN6O. The molecule has 0 spiro atoms. The molecule has 2 N–H and O–H groups in total. The Balaban J connectivity index is 2.03. The molecule has 0 aliphatic rings. The first kappa shape index (κ1) is 12.6. The standard InChI is InChI=1S/C10H13ClN6O/c1-2-12-9(18)3-4-13-8-5-7(11)16-10-14-6-15-17(8)10/h5-6,13H,2-4H2,1H3,(H,12,18). The number of fused-ring (bicyclic) bond motifs is 1. The summed E-state index contributed by atoms with van der Waals surface area (Å²) in [5.74, 6) is 1.08. The van der Waals surface area contributed by atoms with E-state index < -0.39 is 0 Å². The number of hydrogen-bond donors (Lipinski definition) is 2. The lowest BCUT2D eigenvalue weighted by Gasteiger charge is -2.07. The van der Waals surface area contributed by atoms with Gasteiger partial charge in [0.1, 0.15) is 17.3 Å². The Labute approximate surface area is 109 Å². The van der Waals surface area contributed by atoms with Crippen LogP contribution in [-0.4, -0.2) is 38.6 Å². The van der Waals surface area contributed by atoms with Gasteiger partial charge in [0, 0.05) is 25.6 Å². The molecule has 7 nitrogen and oxygen atoms in total. The van der Waals surface area contributed by atoms with Crippen molar-refractivity contribution >= 4 is 29.1 Å². The van der Waals surface area contributed by atoms with Crippen LogP contribution < -0.4 is 10.6 Å². The second-order valence-corrected chi connectivity index (χ2v) is 3.95. The highest BCUT2D eigenvalue weighted by Gasteiger charge is 2.06. The van der Waals surface area contributed by atoms with Crippen LogP contribution in [0.4, 0.5) is 5.82 Å². The van der Waals surface area contributed by atoms with E-state index in [4.69, 9.17) is 11.6 Å². The smallest absolute Gasteiger partial charge is 0.255 e. The van der Waals surface area contributed by atoms with Gasteiger partial charge in [0.05, 0.1) is 0 Å². The van der Waals surface area contributed by atoms with Crippen molar-refractivity contribution in [2.24, 2.45) is 0 Å². The molecule has 8 heteroatoms. The molecular weight excluding hydrogens is 256 g/mol. The van der Waals surface area contributed by atoms with E-state index in [2.05, 4.69) is 25.7 Å². The van der Waals surface area contributed by atoms with Crippen molar-refractivity contribution in [1.29, 1.82) is 0 Å². The van der Waals surface area contributed by atoms with Gasteiger partial charge in [-0.15, -0.1) is 0 Å². The van der Waals surface area contributed by atoms with Gasteiger partial charge in [0.2, 0.25) is 5.91 Å². The number of halogens is 1. The highest BCUT2D eigenvalue weighted by atomic mass is 35.5. The molecule has 1 amide bonds. The van der Waals surface area contributed by atoms with Crippen LogP contribution in [0, 0.1) is 0 Å². The third-order valence-corrected chi connectivity index (χ3v) is 2.45. The summed E-state index contributed by atoms with van der Waals surface area (Å²) in [4.78, 5) is 19.2. The Morgan fingerprint density at radius 2 is 2.39 bits per heavy atom. The number of rotatable bonds is 5. The molecule has 0 saturated carbocycles. The van der Waals surface area contributed by atoms with E-state index in [0.717, 1.165) is 0 Å². The molecule has 0 aliphatic carbocycles. The molecule has 2 rings (SSSR count). The number of aromatic nitrogens is 4. The number of hydrogen-bond acceptors (Lipinski definition) is 5. The average molecular weight is 269 g/mol. The van der Waals surface area contributed by atoms with Crippen LogP contribution in [0.1, 0.15) is 13.3 Å². The Morgan fingerprint density at radius 3 is 3.17 bits per heavy atom. The molecule has 0 unspecified atom stereocenters. The van der Waals surface area contributed by atoms with Gasteiger partial charge in [-0.3, -0.25) is 4.79 Å². The van der Waals surface area contributed by atoms with E-state index in [1.807, 2.05) is 6.92 Å². The van der Waals surface area contributed by atoms with Gasteiger partial charge in [0.15, 0.2) is 0 Å². The van der Waals surface area contributed by atoms with E-state index in [9.17, 15) is 4.79 Å². The van der Waals surface area contributed by atoms with Gasteiger partial charge in [0.25, 0.3) is 5.78 Å². The van der Waals surface area contributed by atoms with Crippen LogP contribution >= 0.6 is 11.6 Å². The molecule has 18 heavy (non-hydrogen) atoms. The number of nitrogens with one attached hydrogen (secondary N) is 2. The molecule has 0 fully saturated rings. The normalized spacial score (nSPS) is 10.6. The average Bonchev–Trinajstić information content (AvgIpc) is 2.77. The van der Waals surface area contributed by atoms with Crippen LogP contribution in [0.5, 0.6) is 0 Å². The number of carbonyl (C=O) groups is 1. The fraction of sp³-hybridized carbons (Fsp3) is 0.400. The monoisotopic (exact) mass is 268 g/mol. The van der Waals surface area contributed by atoms with E-state index in [1.54, 1.807) is 6.07 Å². The topological polar surface area (TPSA) is 84.2 Å². The lowest BCUT2D eigenvalue weighted by atomic mass is 10.4. The van der Waals surface area contributed by atoms with Crippen molar-refractivity contribution in [3.05, 3.63) is 17.5 Å². The summed E-state index contributed by atoms with van der Waals surface area (Å²) in [5.41, 5.74) is 0. The van der Waals surface area contributed by atoms with Crippen LogP contribution in [0.25, 0.3) is 5.78 Å². The number of nitrogens with zero attached hydrogens (tertiary/aromatic N) is 4. The van der Waals surface area contributed by atoms with Crippen molar-refractivity contribution in [3.63, 3.8) is 0 Å². The molecule has 0 aromatic carbocycles. The largest absolute Gasteiger partial charge is 0.369 e. The number of anilines is 1. The van der Waals surface area contributed by atoms with Crippen LogP contribution in [0.3, 0.4) is 0 Å². The van der Waals surface area contributed by atoms with Crippen LogP contribution in [0.15, 0.2) is 12.4 Å². The maximum absolute atomic E-state index is 11.3. The summed E-state index contributed by atoms with van der Waals surface area (Å²) < 4.78 is 1.53. The number of amides is 1. The zero-order chi connectivity index (χ0) is 13.0. The third-order valence-electron chi connectivity index (χ3n) is 2.25. The number of carbonyl (C=O) groups excluding carboxylic acids is 1. The minimum atomic E-state index is -0.0000118. The molecule has 0 radical (unpaired) electrons. The third kappa shape index (κ3) is 2.86. The summed E-state index contributed by atoms with van der Waals surface area (Å²) >= 11 is 5.86. The van der Waals surface area contributed by atoms with Gasteiger partial charge in [-0.25, -0.2) is 0 Å². The first-order valence-corrected chi connectivity index (χ1v) is 5.95. The second kappa shape index (κ2) is 5.63. The quantitative estimate of drug-likeness (QED) is 0.781. The molecule has 0 aliphatic heterocycles. The summed E-state index contributed by atoms with van der Waals surface area (Å²) in [7, 11) is 0. The van der Waals surface area contributed by atoms with Crippen LogP contribution in [0.2, 0.25) is 5.15 Å². The summed E-state index contributed by atoms with van der Waals surface area (Å²) in [6, 6.07) is 1.64. The molecule has 0 atom stereocenters. The van der Waals surface area contributed by atoms with Gasteiger partial charge in [-0.2, -0.15) is 19.6 Å². The van der Waals surface area contributed by atoms with Gasteiger partial charge >= 0.3 is 0 Å². The Bertz CT molecular complexity index is 554. The SMILES string of the molecule is CCNC(=O)CCNc1cc(Cl)nc2ncnn12. The van der Waals surface area contributed by atoms with Crippen molar-refractivity contribution < 1.29 is 4.79 Å². The molecule has 0 saturated heterocycles. The van der Waals surface area contributed by atoms with Gasteiger partial charge < -0.3 is 10.6 Å². The van der Waals surface area contributed by atoms with E-state index in [-0.39, 0.29) is 5.91 Å². The Morgan fingerprint density at radius 1 is 1.56 bits per heavy atom. The van der Waals surface area contributed by atoms with E-state index in [1.165, 1.54) is 10.8 Å². The minimum Gasteiger partial charge on any atom is -0.369 e.